The van der Waals surface area contributed by atoms with Crippen molar-refractivity contribution < 1.29 is 18.8 Å². The zero-order valence-electron chi connectivity index (χ0n) is 17.2. The van der Waals surface area contributed by atoms with Crippen LogP contribution in [0.25, 0.3) is 0 Å². The van der Waals surface area contributed by atoms with E-state index in [-0.39, 0.29) is 30.1 Å². The van der Waals surface area contributed by atoms with Gasteiger partial charge in [0.25, 0.3) is 5.91 Å². The minimum absolute atomic E-state index is 0.0670. The van der Waals surface area contributed by atoms with E-state index in [1.54, 1.807) is 23.2 Å². The maximum Gasteiger partial charge on any atom is 0.255 e. The summed E-state index contributed by atoms with van der Waals surface area (Å²) in [6.07, 6.45) is 5.25. The molecule has 1 aliphatic rings. The zero-order valence-corrected chi connectivity index (χ0v) is 17.2. The summed E-state index contributed by atoms with van der Waals surface area (Å²) in [4.78, 5) is 43.3. The van der Waals surface area contributed by atoms with Crippen LogP contribution in [0.4, 0.5) is 0 Å². The molecule has 1 fully saturated rings. The van der Waals surface area contributed by atoms with Crippen molar-refractivity contribution in [3.8, 4) is 0 Å². The fraction of sp³-hybridized carbons (Fsp3) is 0.455. The lowest BCUT2D eigenvalue weighted by atomic mass is 9.98. The smallest absolute Gasteiger partial charge is 0.255 e. The van der Waals surface area contributed by atoms with Crippen molar-refractivity contribution in [1.29, 1.82) is 0 Å². The van der Waals surface area contributed by atoms with Gasteiger partial charge in [0.05, 0.1) is 12.1 Å². The Bertz CT molecular complexity index is 865. The molecule has 8 heteroatoms. The Morgan fingerprint density at radius 3 is 2.87 bits per heavy atom. The van der Waals surface area contributed by atoms with Gasteiger partial charge >= 0.3 is 0 Å². The van der Waals surface area contributed by atoms with Crippen molar-refractivity contribution >= 4 is 17.7 Å². The SMILES string of the molecule is Cc1ccc(CNC(=O)C2CCCN(C(=O)c3cccnc3)CCC(=O)NCC2)o1. The van der Waals surface area contributed by atoms with Gasteiger partial charge in [-0.05, 0) is 50.5 Å². The Balaban J connectivity index is 1.60. The summed E-state index contributed by atoms with van der Waals surface area (Å²) >= 11 is 0. The molecule has 0 radical (unpaired) electrons. The number of furan rings is 1. The summed E-state index contributed by atoms with van der Waals surface area (Å²) in [5, 5.41) is 5.77. The van der Waals surface area contributed by atoms with E-state index in [4.69, 9.17) is 4.42 Å². The third-order valence-electron chi connectivity index (χ3n) is 5.20. The number of hydrogen-bond acceptors (Lipinski definition) is 5. The molecular weight excluding hydrogens is 384 g/mol. The van der Waals surface area contributed by atoms with Crippen LogP contribution in [0.2, 0.25) is 0 Å². The fourth-order valence-corrected chi connectivity index (χ4v) is 3.53. The van der Waals surface area contributed by atoms with E-state index in [0.29, 0.717) is 56.8 Å². The Kier molecular flexibility index (Phi) is 7.59. The van der Waals surface area contributed by atoms with Crippen molar-refractivity contribution in [1.82, 2.24) is 20.5 Å². The van der Waals surface area contributed by atoms with E-state index < -0.39 is 0 Å². The lowest BCUT2D eigenvalue weighted by Crippen LogP contribution is -2.35. The molecule has 3 amide bonds. The summed E-state index contributed by atoms with van der Waals surface area (Å²) in [6.45, 7) is 3.46. The standard InChI is InChI=1S/C22H28N4O4/c1-16-6-7-19(30-16)15-25-21(28)17-5-3-12-26(13-9-20(27)24-11-8-17)22(29)18-4-2-10-23-14-18/h2,4,6-7,10,14,17H,3,5,8-9,11-13,15H2,1H3,(H,24,27)(H,25,28). The lowest BCUT2D eigenvalue weighted by molar-refractivity contribution is -0.126. The molecule has 1 aliphatic heterocycles. The van der Waals surface area contributed by atoms with Gasteiger partial charge in [0.1, 0.15) is 11.5 Å². The number of carbonyl (C=O) groups is 3. The van der Waals surface area contributed by atoms with Crippen LogP contribution in [-0.2, 0) is 16.1 Å². The highest BCUT2D eigenvalue weighted by Crippen LogP contribution is 2.15. The Hall–Kier alpha value is -3.16. The van der Waals surface area contributed by atoms with Crippen LogP contribution >= 0.6 is 0 Å². The molecule has 2 aromatic rings. The number of aromatic nitrogens is 1. The van der Waals surface area contributed by atoms with Crippen LogP contribution in [-0.4, -0.2) is 47.2 Å². The van der Waals surface area contributed by atoms with Crippen molar-refractivity contribution in [2.75, 3.05) is 19.6 Å². The first-order valence-corrected chi connectivity index (χ1v) is 10.3. The maximum atomic E-state index is 12.8. The van der Waals surface area contributed by atoms with Crippen molar-refractivity contribution in [2.45, 2.75) is 39.2 Å². The number of nitrogens with zero attached hydrogens (tertiary/aromatic N) is 2. The highest BCUT2D eigenvalue weighted by Gasteiger charge is 2.22. The van der Waals surface area contributed by atoms with Gasteiger partial charge in [-0.3, -0.25) is 19.4 Å². The Morgan fingerprint density at radius 2 is 2.13 bits per heavy atom. The van der Waals surface area contributed by atoms with Gasteiger partial charge in [0.2, 0.25) is 11.8 Å². The number of carbonyl (C=O) groups excluding carboxylic acids is 3. The third-order valence-corrected chi connectivity index (χ3v) is 5.20. The van der Waals surface area contributed by atoms with Gasteiger partial charge < -0.3 is 20.0 Å². The molecule has 3 heterocycles. The third kappa shape index (κ3) is 6.17. The van der Waals surface area contributed by atoms with Crippen LogP contribution < -0.4 is 10.6 Å². The molecular formula is C22H28N4O4. The van der Waals surface area contributed by atoms with Gasteiger partial charge in [0, 0.05) is 44.4 Å². The van der Waals surface area contributed by atoms with Crippen LogP contribution in [0.3, 0.4) is 0 Å². The second-order valence-electron chi connectivity index (χ2n) is 7.49. The van der Waals surface area contributed by atoms with E-state index in [2.05, 4.69) is 15.6 Å². The fourth-order valence-electron chi connectivity index (χ4n) is 3.53. The van der Waals surface area contributed by atoms with Gasteiger partial charge in [-0.15, -0.1) is 0 Å². The molecule has 3 rings (SSSR count). The topological polar surface area (TPSA) is 105 Å². The number of nitrogens with one attached hydrogen (secondary N) is 2. The molecule has 0 aromatic carbocycles. The normalized spacial score (nSPS) is 18.2. The second-order valence-corrected chi connectivity index (χ2v) is 7.49. The first-order valence-electron chi connectivity index (χ1n) is 10.3. The molecule has 1 saturated heterocycles. The van der Waals surface area contributed by atoms with Crippen LogP contribution in [0.5, 0.6) is 0 Å². The van der Waals surface area contributed by atoms with Crippen LogP contribution in [0, 0.1) is 12.8 Å². The Morgan fingerprint density at radius 1 is 1.27 bits per heavy atom. The number of aryl methyl sites for hydroxylation is 1. The molecule has 30 heavy (non-hydrogen) atoms. The van der Waals surface area contributed by atoms with E-state index in [9.17, 15) is 14.4 Å². The Labute approximate surface area is 176 Å². The monoisotopic (exact) mass is 412 g/mol. The first-order chi connectivity index (χ1) is 14.5. The largest absolute Gasteiger partial charge is 0.465 e. The van der Waals surface area contributed by atoms with Crippen molar-refractivity contribution in [3.05, 3.63) is 53.7 Å². The molecule has 2 N–H and O–H groups in total. The lowest BCUT2D eigenvalue weighted by Gasteiger charge is -2.23. The summed E-state index contributed by atoms with van der Waals surface area (Å²) < 4.78 is 5.49. The van der Waals surface area contributed by atoms with Gasteiger partial charge in [-0.1, -0.05) is 0 Å². The quantitative estimate of drug-likeness (QED) is 0.800. The van der Waals surface area contributed by atoms with Crippen molar-refractivity contribution in [3.63, 3.8) is 0 Å². The van der Waals surface area contributed by atoms with Gasteiger partial charge in [-0.25, -0.2) is 0 Å². The summed E-state index contributed by atoms with van der Waals surface area (Å²) in [5.74, 6) is 0.933. The zero-order chi connectivity index (χ0) is 21.3. The second kappa shape index (κ2) is 10.6. The average Bonchev–Trinajstić information content (AvgIpc) is 3.16. The van der Waals surface area contributed by atoms with Crippen LogP contribution in [0.15, 0.2) is 41.1 Å². The molecule has 0 bridgehead atoms. The molecule has 0 saturated carbocycles. The van der Waals surface area contributed by atoms with Crippen molar-refractivity contribution in [2.24, 2.45) is 5.92 Å². The highest BCUT2D eigenvalue weighted by molar-refractivity contribution is 5.94. The van der Waals surface area contributed by atoms with E-state index >= 15 is 0 Å². The van der Waals surface area contributed by atoms with Gasteiger partial charge in [0.15, 0.2) is 0 Å². The summed E-state index contributed by atoms with van der Waals surface area (Å²) in [7, 11) is 0. The van der Waals surface area contributed by atoms with E-state index in [1.165, 1.54) is 6.20 Å². The molecule has 1 unspecified atom stereocenters. The van der Waals surface area contributed by atoms with Crippen LogP contribution in [0.1, 0.15) is 47.6 Å². The minimum atomic E-state index is -0.241. The van der Waals surface area contributed by atoms with E-state index in [1.807, 2.05) is 19.1 Å². The minimum Gasteiger partial charge on any atom is -0.465 e. The molecule has 8 nitrogen and oxygen atoms in total. The van der Waals surface area contributed by atoms with E-state index in [0.717, 1.165) is 5.76 Å². The predicted molar refractivity (Wildman–Crippen MR) is 110 cm³/mol. The number of rotatable bonds is 4. The summed E-state index contributed by atoms with van der Waals surface area (Å²) in [5.41, 5.74) is 0.496. The number of hydrogen-bond donors (Lipinski definition) is 2. The molecule has 160 valence electrons. The number of pyridine rings is 1. The molecule has 0 spiro atoms. The average molecular weight is 412 g/mol. The summed E-state index contributed by atoms with van der Waals surface area (Å²) in [6, 6.07) is 7.13. The maximum absolute atomic E-state index is 12.8. The number of amides is 3. The predicted octanol–water partition coefficient (Wildman–Crippen LogP) is 2.05. The highest BCUT2D eigenvalue weighted by atomic mass is 16.3. The molecule has 0 aliphatic carbocycles. The first kappa shape index (κ1) is 21.5. The molecule has 2 aromatic heterocycles. The molecule has 1 atom stereocenters. The van der Waals surface area contributed by atoms with Gasteiger partial charge in [-0.2, -0.15) is 0 Å².